The number of rotatable bonds is 2. The van der Waals surface area contributed by atoms with E-state index >= 15 is 0 Å². The number of hydrogen-bond acceptors (Lipinski definition) is 0. The summed E-state index contributed by atoms with van der Waals surface area (Å²) in [7, 11) is 0. The molecule has 2 heterocycles. The van der Waals surface area contributed by atoms with Gasteiger partial charge in [0, 0.05) is 0 Å². The van der Waals surface area contributed by atoms with Crippen LogP contribution in [0.5, 0.6) is 0 Å². The van der Waals surface area contributed by atoms with Gasteiger partial charge in [-0.3, -0.25) is 0 Å². The van der Waals surface area contributed by atoms with E-state index in [0.717, 1.165) is 0 Å². The lowest BCUT2D eigenvalue weighted by atomic mass is 9.28. The van der Waals surface area contributed by atoms with E-state index in [1.54, 1.807) is 0 Å². The van der Waals surface area contributed by atoms with Crippen LogP contribution in [0.4, 0.5) is 0 Å². The fraction of sp³-hybridized carbons (Fsp3) is 0. The molecule has 39 heavy (non-hydrogen) atoms. The molecule has 0 unspecified atom stereocenters. The average molecular weight is 490 g/mol. The number of fused-ring (bicyclic) bond motifs is 6. The molecule has 0 saturated carbocycles. The highest BCUT2D eigenvalue weighted by Crippen LogP contribution is 2.22. The molecule has 2 aliphatic heterocycles. The molecule has 0 fully saturated rings. The minimum absolute atomic E-state index is 0.134. The smallest absolute Gasteiger partial charge is 0.0733 e. The molecule has 178 valence electrons. The zero-order valence-electron chi connectivity index (χ0n) is 21.7. The van der Waals surface area contributed by atoms with Gasteiger partial charge in [-0.15, -0.1) is 0 Å². The summed E-state index contributed by atoms with van der Waals surface area (Å²) in [5, 5.41) is 0. The molecule has 6 aromatic carbocycles. The molecule has 0 aliphatic carbocycles. The minimum Gasteiger partial charge on any atom is -0.0733 e. The third-order valence-electron chi connectivity index (χ3n) is 8.80. The van der Waals surface area contributed by atoms with Crippen molar-refractivity contribution in [2.75, 3.05) is 0 Å². The summed E-state index contributed by atoms with van der Waals surface area (Å²) in [6.07, 6.45) is 0. The predicted octanol–water partition coefficient (Wildman–Crippen LogP) is 1.53. The monoisotopic (exact) mass is 490 g/mol. The maximum Gasteiger partial charge on any atom is 0.241 e. The molecule has 0 saturated heterocycles. The summed E-state index contributed by atoms with van der Waals surface area (Å²) in [5.41, 5.74) is 15.3. The molecule has 0 nitrogen and oxygen atoms in total. The maximum atomic E-state index is 2.39. The molecule has 3 heteroatoms. The van der Waals surface area contributed by atoms with E-state index in [0.29, 0.717) is 0 Å². The van der Waals surface area contributed by atoms with Gasteiger partial charge in [-0.2, -0.15) is 0 Å². The van der Waals surface area contributed by atoms with Crippen molar-refractivity contribution in [1.29, 1.82) is 0 Å². The van der Waals surface area contributed by atoms with Gasteiger partial charge in [0.15, 0.2) is 0 Å². The van der Waals surface area contributed by atoms with Gasteiger partial charge in [0.25, 0.3) is 0 Å². The second kappa shape index (κ2) is 9.07. The molecule has 8 rings (SSSR count). The predicted molar refractivity (Wildman–Crippen MR) is 172 cm³/mol. The standard InChI is InChI=1S/C36H25B3/c1-3-14-26(15-4-1)37-31-21-9-10-22-32(31)38(27-16-5-2-6-17-27)35-25-13-19-29-28-18-7-8-20-30(28)39(36(29)35)34-24-12-11-23-33(34)37/h1-25H. The minimum atomic E-state index is 0.134. The molecular weight excluding hydrogens is 465 g/mol. The summed E-state index contributed by atoms with van der Waals surface area (Å²) >= 11 is 0. The van der Waals surface area contributed by atoms with Crippen LogP contribution in [0.2, 0.25) is 0 Å². The first-order valence-corrected chi connectivity index (χ1v) is 13.9. The Bertz CT molecular complexity index is 1810. The molecule has 2 aliphatic rings. The van der Waals surface area contributed by atoms with Gasteiger partial charge in [-0.1, -0.05) is 201 Å². The van der Waals surface area contributed by atoms with Crippen LogP contribution in [0.15, 0.2) is 152 Å². The number of hydrogen-bond donors (Lipinski definition) is 0. The fourth-order valence-electron chi connectivity index (χ4n) is 7.28. The van der Waals surface area contributed by atoms with Crippen molar-refractivity contribution in [2.45, 2.75) is 0 Å². The van der Waals surface area contributed by atoms with Crippen molar-refractivity contribution in [3.8, 4) is 11.1 Å². The molecular formula is C36H25B3. The van der Waals surface area contributed by atoms with Crippen molar-refractivity contribution in [1.82, 2.24) is 0 Å². The van der Waals surface area contributed by atoms with Crippen LogP contribution >= 0.6 is 0 Å². The summed E-state index contributed by atoms with van der Waals surface area (Å²) < 4.78 is 0. The van der Waals surface area contributed by atoms with Crippen LogP contribution in [0.25, 0.3) is 11.1 Å². The normalized spacial score (nSPS) is 13.0. The molecule has 0 radical (unpaired) electrons. The molecule has 0 amide bonds. The van der Waals surface area contributed by atoms with Gasteiger partial charge >= 0.3 is 0 Å². The summed E-state index contributed by atoms with van der Waals surface area (Å²) in [6, 6.07) is 56.6. The van der Waals surface area contributed by atoms with Crippen LogP contribution in [0, 0.1) is 0 Å². The van der Waals surface area contributed by atoms with E-state index in [4.69, 9.17) is 0 Å². The summed E-state index contributed by atoms with van der Waals surface area (Å²) in [6.45, 7) is 0.459. The highest BCUT2D eigenvalue weighted by Gasteiger charge is 2.42. The van der Waals surface area contributed by atoms with Gasteiger partial charge in [0.1, 0.15) is 0 Å². The van der Waals surface area contributed by atoms with E-state index in [2.05, 4.69) is 152 Å². The Hall–Kier alpha value is -4.49. The zero-order valence-corrected chi connectivity index (χ0v) is 21.7. The SMILES string of the molecule is c1ccc(B2c3ccccc3B(c3ccccc3)c3cccc4c3B(c3ccccc32)c2ccccc2-4)cc1. The average Bonchev–Trinajstić information content (AvgIpc) is 3.36. The first-order chi connectivity index (χ1) is 19.4. The Labute approximate surface area is 231 Å². The van der Waals surface area contributed by atoms with Crippen molar-refractivity contribution >= 4 is 69.3 Å². The quantitative estimate of drug-likeness (QED) is 0.323. The lowest BCUT2D eigenvalue weighted by Crippen LogP contribution is -2.66. The lowest BCUT2D eigenvalue weighted by molar-refractivity contribution is 1.71. The van der Waals surface area contributed by atoms with Crippen LogP contribution < -0.4 is 49.2 Å². The molecule has 0 aromatic heterocycles. The Morgan fingerprint density at radius 3 is 1.21 bits per heavy atom. The Kier molecular flexibility index (Phi) is 5.23. The first kappa shape index (κ1) is 22.5. The Balaban J connectivity index is 1.56. The van der Waals surface area contributed by atoms with E-state index < -0.39 is 0 Å². The van der Waals surface area contributed by atoms with E-state index in [9.17, 15) is 0 Å². The molecule has 0 bridgehead atoms. The third kappa shape index (κ3) is 3.43. The first-order valence-electron chi connectivity index (χ1n) is 13.9. The second-order valence-corrected chi connectivity index (χ2v) is 10.8. The van der Waals surface area contributed by atoms with Crippen LogP contribution in [0.1, 0.15) is 0 Å². The highest BCUT2D eigenvalue weighted by molar-refractivity contribution is 7.12. The van der Waals surface area contributed by atoms with E-state index in [-0.39, 0.29) is 20.1 Å². The lowest BCUT2D eigenvalue weighted by Gasteiger charge is -2.24. The molecule has 0 spiro atoms. The van der Waals surface area contributed by atoms with Gasteiger partial charge in [-0.25, -0.2) is 0 Å². The zero-order chi connectivity index (χ0) is 25.8. The van der Waals surface area contributed by atoms with Gasteiger partial charge in [0.05, 0.1) is 0 Å². The van der Waals surface area contributed by atoms with Crippen molar-refractivity contribution < 1.29 is 0 Å². The molecule has 0 N–H and O–H groups in total. The second-order valence-electron chi connectivity index (χ2n) is 10.8. The van der Waals surface area contributed by atoms with Crippen LogP contribution in [-0.2, 0) is 0 Å². The highest BCUT2D eigenvalue weighted by atomic mass is 14.2. The van der Waals surface area contributed by atoms with E-state index in [1.807, 2.05) is 0 Å². The fourth-order valence-corrected chi connectivity index (χ4v) is 7.28. The Morgan fingerprint density at radius 2 is 0.641 bits per heavy atom. The Morgan fingerprint density at radius 1 is 0.256 bits per heavy atom. The largest absolute Gasteiger partial charge is 0.241 e. The van der Waals surface area contributed by atoms with Gasteiger partial charge in [-0.05, 0) is 11.1 Å². The molecule has 6 aromatic rings. The molecule has 0 atom stereocenters. The van der Waals surface area contributed by atoms with E-state index in [1.165, 1.54) is 60.3 Å². The van der Waals surface area contributed by atoms with Crippen molar-refractivity contribution in [2.24, 2.45) is 0 Å². The summed E-state index contributed by atoms with van der Waals surface area (Å²) in [4.78, 5) is 0. The van der Waals surface area contributed by atoms with Crippen LogP contribution in [0.3, 0.4) is 0 Å². The topological polar surface area (TPSA) is 0 Å². The number of benzene rings is 6. The summed E-state index contributed by atoms with van der Waals surface area (Å²) in [5.74, 6) is 0. The van der Waals surface area contributed by atoms with Crippen molar-refractivity contribution in [3.63, 3.8) is 0 Å². The van der Waals surface area contributed by atoms with Gasteiger partial charge in [0.2, 0.25) is 20.1 Å². The van der Waals surface area contributed by atoms with Gasteiger partial charge < -0.3 is 0 Å². The maximum absolute atomic E-state index is 2.39. The van der Waals surface area contributed by atoms with Crippen molar-refractivity contribution in [3.05, 3.63) is 152 Å². The van der Waals surface area contributed by atoms with Crippen LogP contribution in [-0.4, -0.2) is 20.1 Å². The third-order valence-corrected chi connectivity index (χ3v) is 8.80.